The number of esters is 1. The van der Waals surface area contributed by atoms with Gasteiger partial charge in [-0.25, -0.2) is 4.79 Å². The first kappa shape index (κ1) is 16.6. The van der Waals surface area contributed by atoms with E-state index in [1.807, 2.05) is 0 Å². The highest BCUT2D eigenvalue weighted by Crippen LogP contribution is 2.39. The summed E-state index contributed by atoms with van der Waals surface area (Å²) in [4.78, 5) is 11.9. The molecule has 2 unspecified atom stereocenters. The van der Waals surface area contributed by atoms with Crippen molar-refractivity contribution in [3.8, 4) is 11.5 Å². The number of hydrogen-bond acceptors (Lipinski definition) is 4. The van der Waals surface area contributed by atoms with Crippen LogP contribution < -0.4 is 9.47 Å². The van der Waals surface area contributed by atoms with E-state index in [1.165, 1.54) is 13.2 Å². The number of alkyl halides is 2. The van der Waals surface area contributed by atoms with Crippen LogP contribution in [-0.2, 0) is 4.74 Å². The molecule has 1 rings (SSSR count). The van der Waals surface area contributed by atoms with E-state index in [0.29, 0.717) is 11.5 Å². The first-order valence-corrected chi connectivity index (χ1v) is 7.60. The van der Waals surface area contributed by atoms with Crippen molar-refractivity contribution in [2.24, 2.45) is 0 Å². The second-order valence-corrected chi connectivity index (χ2v) is 6.52. The van der Waals surface area contributed by atoms with Crippen LogP contribution in [0.3, 0.4) is 0 Å². The van der Waals surface area contributed by atoms with Gasteiger partial charge in [0.1, 0.15) is 5.02 Å². The topological polar surface area (TPSA) is 44.8 Å². The summed E-state index contributed by atoms with van der Waals surface area (Å²) >= 11 is 12.6. The standard InChI is InChI=1S/C12H13Br2ClO4/c1-6(13)18-11-9(17-3)5-4-8(10(11)15)12(16)19-7(2)14/h4-7H,1-3H3. The maximum absolute atomic E-state index is 11.9. The van der Waals surface area contributed by atoms with Crippen molar-refractivity contribution in [3.05, 3.63) is 22.7 Å². The van der Waals surface area contributed by atoms with Crippen LogP contribution in [0, 0.1) is 0 Å². The summed E-state index contributed by atoms with van der Waals surface area (Å²) in [6.07, 6.45) is 0. The van der Waals surface area contributed by atoms with Gasteiger partial charge in [-0.05, 0) is 57.8 Å². The van der Waals surface area contributed by atoms with Crippen LogP contribution in [-0.4, -0.2) is 23.1 Å². The molecule has 7 heteroatoms. The van der Waals surface area contributed by atoms with E-state index in [2.05, 4.69) is 31.9 Å². The van der Waals surface area contributed by atoms with Crippen LogP contribution in [0.4, 0.5) is 0 Å². The Kier molecular flexibility index (Phi) is 6.42. The van der Waals surface area contributed by atoms with Gasteiger partial charge in [0.05, 0.1) is 12.7 Å². The highest BCUT2D eigenvalue weighted by atomic mass is 79.9. The highest BCUT2D eigenvalue weighted by Gasteiger charge is 2.21. The van der Waals surface area contributed by atoms with Crippen LogP contribution >= 0.6 is 43.5 Å². The van der Waals surface area contributed by atoms with Gasteiger partial charge in [-0.2, -0.15) is 0 Å². The summed E-state index contributed by atoms with van der Waals surface area (Å²) in [5.74, 6) is 0.203. The van der Waals surface area contributed by atoms with Gasteiger partial charge in [0.15, 0.2) is 21.5 Å². The Morgan fingerprint density at radius 1 is 1.26 bits per heavy atom. The third-order valence-electron chi connectivity index (χ3n) is 2.05. The van der Waals surface area contributed by atoms with Crippen molar-refractivity contribution < 1.29 is 19.0 Å². The predicted molar refractivity (Wildman–Crippen MR) is 80.8 cm³/mol. The number of benzene rings is 1. The molecule has 0 aliphatic carbocycles. The van der Waals surface area contributed by atoms with Crippen molar-refractivity contribution in [2.45, 2.75) is 23.9 Å². The Bertz CT molecular complexity index is 463. The molecule has 0 saturated carbocycles. The minimum absolute atomic E-state index is 0.156. The molecule has 0 saturated heterocycles. The number of hydrogen-bond donors (Lipinski definition) is 0. The van der Waals surface area contributed by atoms with E-state index in [-0.39, 0.29) is 15.6 Å². The van der Waals surface area contributed by atoms with Crippen molar-refractivity contribution in [3.63, 3.8) is 0 Å². The summed E-state index contributed by atoms with van der Waals surface area (Å²) in [5.41, 5.74) is 0.219. The molecule has 0 radical (unpaired) electrons. The van der Waals surface area contributed by atoms with Gasteiger partial charge in [-0.1, -0.05) is 11.6 Å². The molecule has 0 aliphatic rings. The van der Waals surface area contributed by atoms with E-state index in [0.717, 1.165) is 0 Å². The average molecular weight is 416 g/mol. The molecule has 2 atom stereocenters. The second kappa shape index (κ2) is 7.36. The number of rotatable bonds is 5. The van der Waals surface area contributed by atoms with Gasteiger partial charge in [0, 0.05) is 0 Å². The van der Waals surface area contributed by atoms with E-state index in [4.69, 9.17) is 25.8 Å². The maximum Gasteiger partial charge on any atom is 0.340 e. The Morgan fingerprint density at radius 2 is 1.89 bits per heavy atom. The summed E-state index contributed by atoms with van der Waals surface area (Å²) in [7, 11) is 1.50. The van der Waals surface area contributed by atoms with E-state index in [1.54, 1.807) is 19.9 Å². The minimum Gasteiger partial charge on any atom is -0.493 e. The molecule has 0 heterocycles. The average Bonchev–Trinajstić information content (AvgIpc) is 2.30. The Balaban J connectivity index is 3.18. The van der Waals surface area contributed by atoms with Gasteiger partial charge in [0.25, 0.3) is 0 Å². The summed E-state index contributed by atoms with van der Waals surface area (Å²) in [5, 5.41) is -0.526. The molecule has 0 aromatic heterocycles. The van der Waals surface area contributed by atoms with Gasteiger partial charge in [0.2, 0.25) is 0 Å². The molecule has 0 spiro atoms. The zero-order valence-electron chi connectivity index (χ0n) is 10.6. The van der Waals surface area contributed by atoms with Crippen LogP contribution in [0.15, 0.2) is 12.1 Å². The molecule has 0 N–H and O–H groups in total. The fraction of sp³-hybridized carbons (Fsp3) is 0.417. The summed E-state index contributed by atoms with van der Waals surface area (Å²) in [6, 6.07) is 3.14. The molecule has 106 valence electrons. The van der Waals surface area contributed by atoms with E-state index < -0.39 is 11.0 Å². The molecular weight excluding hydrogens is 403 g/mol. The van der Waals surface area contributed by atoms with Crippen molar-refractivity contribution >= 4 is 49.4 Å². The van der Waals surface area contributed by atoms with Gasteiger partial charge >= 0.3 is 5.97 Å². The first-order chi connectivity index (χ1) is 8.86. The number of halogens is 3. The SMILES string of the molecule is COc1ccc(C(=O)OC(C)Br)c(Cl)c1OC(C)Br. The van der Waals surface area contributed by atoms with Crippen LogP contribution in [0.25, 0.3) is 0 Å². The number of ether oxygens (including phenoxy) is 3. The summed E-state index contributed by atoms with van der Waals surface area (Å²) in [6.45, 7) is 3.47. The Hall–Kier alpha value is -0.460. The molecular formula is C12H13Br2ClO4. The molecule has 4 nitrogen and oxygen atoms in total. The zero-order valence-corrected chi connectivity index (χ0v) is 14.5. The normalized spacial score (nSPS) is 13.6. The molecule has 0 bridgehead atoms. The van der Waals surface area contributed by atoms with Gasteiger partial charge < -0.3 is 14.2 Å². The monoisotopic (exact) mass is 414 g/mol. The lowest BCUT2D eigenvalue weighted by Gasteiger charge is -2.16. The van der Waals surface area contributed by atoms with Gasteiger partial charge in [-0.3, -0.25) is 0 Å². The highest BCUT2D eigenvalue weighted by molar-refractivity contribution is 9.09. The smallest absolute Gasteiger partial charge is 0.340 e. The molecule has 1 aromatic carbocycles. The van der Waals surface area contributed by atoms with E-state index >= 15 is 0 Å². The molecule has 0 amide bonds. The fourth-order valence-electron chi connectivity index (χ4n) is 1.34. The number of carbonyl (C=O) groups excluding carboxylic acids is 1. The Morgan fingerprint density at radius 3 is 2.37 bits per heavy atom. The number of methoxy groups -OCH3 is 1. The molecule has 0 fully saturated rings. The lowest BCUT2D eigenvalue weighted by molar-refractivity contribution is 0.0490. The quantitative estimate of drug-likeness (QED) is 0.528. The second-order valence-electron chi connectivity index (χ2n) is 3.57. The maximum atomic E-state index is 11.9. The Labute approximate surface area is 133 Å². The predicted octanol–water partition coefficient (Wildman–Crippen LogP) is 4.37. The fourth-order valence-corrected chi connectivity index (χ4v) is 1.97. The van der Waals surface area contributed by atoms with Crippen LogP contribution in [0.5, 0.6) is 11.5 Å². The largest absolute Gasteiger partial charge is 0.493 e. The minimum atomic E-state index is -0.538. The third kappa shape index (κ3) is 4.54. The lowest BCUT2D eigenvalue weighted by atomic mass is 10.2. The molecule has 1 aromatic rings. The molecule has 0 aliphatic heterocycles. The number of carbonyl (C=O) groups is 1. The van der Waals surface area contributed by atoms with Crippen LogP contribution in [0.1, 0.15) is 24.2 Å². The van der Waals surface area contributed by atoms with Crippen molar-refractivity contribution in [2.75, 3.05) is 7.11 Å². The molecule has 19 heavy (non-hydrogen) atoms. The zero-order chi connectivity index (χ0) is 14.6. The van der Waals surface area contributed by atoms with Crippen LogP contribution in [0.2, 0.25) is 5.02 Å². The van der Waals surface area contributed by atoms with Crippen molar-refractivity contribution in [1.29, 1.82) is 0 Å². The first-order valence-electron chi connectivity index (χ1n) is 5.39. The van der Waals surface area contributed by atoms with E-state index in [9.17, 15) is 4.79 Å². The third-order valence-corrected chi connectivity index (χ3v) is 2.80. The van der Waals surface area contributed by atoms with Gasteiger partial charge in [-0.15, -0.1) is 0 Å². The summed E-state index contributed by atoms with van der Waals surface area (Å²) < 4.78 is 15.7. The lowest BCUT2D eigenvalue weighted by Crippen LogP contribution is -2.12. The van der Waals surface area contributed by atoms with Crippen molar-refractivity contribution in [1.82, 2.24) is 0 Å².